The summed E-state index contributed by atoms with van der Waals surface area (Å²) in [6.07, 6.45) is 3.25. The molecule has 0 aliphatic carbocycles. The van der Waals surface area contributed by atoms with Gasteiger partial charge in [-0.15, -0.1) is 0 Å². The number of para-hydroxylation sites is 1. The second kappa shape index (κ2) is 12.4. The molecule has 0 unspecified atom stereocenters. The van der Waals surface area contributed by atoms with E-state index >= 15 is 0 Å². The van der Waals surface area contributed by atoms with Crippen LogP contribution < -0.4 is 10.1 Å². The fourth-order valence-corrected chi connectivity index (χ4v) is 3.21. The summed E-state index contributed by atoms with van der Waals surface area (Å²) in [7, 11) is 0. The van der Waals surface area contributed by atoms with Crippen molar-refractivity contribution in [2.75, 3.05) is 19.7 Å². The highest BCUT2D eigenvalue weighted by molar-refractivity contribution is 5.69. The van der Waals surface area contributed by atoms with Gasteiger partial charge in [-0.3, -0.25) is 4.79 Å². The molecule has 0 saturated heterocycles. The van der Waals surface area contributed by atoms with E-state index < -0.39 is 0 Å². The van der Waals surface area contributed by atoms with E-state index in [2.05, 4.69) is 62.5 Å². The standard InChI is InChI=1S/C26H37NO3/c1-5-29-25(28)12-8-9-18-27-19-17-22-10-6-7-11-24(22)30-20-21-13-15-23(16-14-21)26(2,3)4/h6-7,10-11,13-16,27H,5,8-9,12,17-20H2,1-4H3. The van der Waals surface area contributed by atoms with Crippen LogP contribution in [0.5, 0.6) is 5.75 Å². The van der Waals surface area contributed by atoms with Crippen molar-refractivity contribution in [1.82, 2.24) is 5.32 Å². The van der Waals surface area contributed by atoms with Crippen molar-refractivity contribution in [2.24, 2.45) is 0 Å². The minimum absolute atomic E-state index is 0.100. The van der Waals surface area contributed by atoms with Crippen molar-refractivity contribution < 1.29 is 14.3 Å². The normalized spacial score (nSPS) is 11.3. The molecule has 0 aromatic heterocycles. The van der Waals surface area contributed by atoms with Gasteiger partial charge in [0.05, 0.1) is 6.61 Å². The predicted octanol–water partition coefficient (Wildman–Crippen LogP) is 5.43. The highest BCUT2D eigenvalue weighted by atomic mass is 16.5. The Morgan fingerprint density at radius 3 is 2.40 bits per heavy atom. The number of ether oxygens (including phenoxy) is 2. The van der Waals surface area contributed by atoms with E-state index in [-0.39, 0.29) is 11.4 Å². The van der Waals surface area contributed by atoms with Gasteiger partial charge in [-0.05, 0) is 67.4 Å². The summed E-state index contributed by atoms with van der Waals surface area (Å²) in [4.78, 5) is 11.3. The monoisotopic (exact) mass is 411 g/mol. The van der Waals surface area contributed by atoms with Crippen LogP contribution in [0.25, 0.3) is 0 Å². The molecule has 1 N–H and O–H groups in total. The van der Waals surface area contributed by atoms with Crippen molar-refractivity contribution >= 4 is 5.97 Å². The first-order chi connectivity index (χ1) is 14.4. The van der Waals surface area contributed by atoms with Crippen LogP contribution in [0.15, 0.2) is 48.5 Å². The van der Waals surface area contributed by atoms with Crippen LogP contribution in [0.4, 0.5) is 0 Å². The Morgan fingerprint density at radius 1 is 0.967 bits per heavy atom. The summed E-state index contributed by atoms with van der Waals surface area (Å²) in [5, 5.41) is 3.45. The van der Waals surface area contributed by atoms with Crippen LogP contribution in [-0.4, -0.2) is 25.7 Å². The molecule has 0 aliphatic rings. The fourth-order valence-electron chi connectivity index (χ4n) is 3.21. The van der Waals surface area contributed by atoms with Gasteiger partial charge in [-0.1, -0.05) is 63.2 Å². The van der Waals surface area contributed by atoms with Gasteiger partial charge in [-0.2, -0.15) is 0 Å². The van der Waals surface area contributed by atoms with Crippen LogP contribution >= 0.6 is 0 Å². The molecule has 0 aliphatic heterocycles. The minimum atomic E-state index is -0.100. The zero-order chi connectivity index (χ0) is 21.8. The zero-order valence-electron chi connectivity index (χ0n) is 19.0. The van der Waals surface area contributed by atoms with Crippen molar-refractivity contribution in [2.45, 2.75) is 65.4 Å². The van der Waals surface area contributed by atoms with Gasteiger partial charge < -0.3 is 14.8 Å². The number of benzene rings is 2. The number of rotatable bonds is 12. The molecule has 164 valence electrons. The maximum absolute atomic E-state index is 11.3. The van der Waals surface area contributed by atoms with Gasteiger partial charge in [0.25, 0.3) is 0 Å². The highest BCUT2D eigenvalue weighted by Crippen LogP contribution is 2.23. The molecule has 0 saturated carbocycles. The number of unbranched alkanes of at least 4 members (excludes halogenated alkanes) is 1. The van der Waals surface area contributed by atoms with Crippen LogP contribution in [0.3, 0.4) is 0 Å². The van der Waals surface area contributed by atoms with Gasteiger partial charge in [-0.25, -0.2) is 0 Å². The summed E-state index contributed by atoms with van der Waals surface area (Å²) < 4.78 is 11.1. The lowest BCUT2D eigenvalue weighted by molar-refractivity contribution is -0.143. The molecule has 2 rings (SSSR count). The predicted molar refractivity (Wildman–Crippen MR) is 123 cm³/mol. The first-order valence-corrected chi connectivity index (χ1v) is 11.1. The van der Waals surface area contributed by atoms with E-state index in [1.807, 2.05) is 19.1 Å². The maximum atomic E-state index is 11.3. The number of carbonyl (C=O) groups excluding carboxylic acids is 1. The highest BCUT2D eigenvalue weighted by Gasteiger charge is 2.13. The number of hydrogen-bond donors (Lipinski definition) is 1. The van der Waals surface area contributed by atoms with Gasteiger partial charge in [0.2, 0.25) is 0 Å². The molecule has 0 heterocycles. The Balaban J connectivity index is 1.73. The number of hydrogen-bond acceptors (Lipinski definition) is 4. The molecule has 4 nitrogen and oxygen atoms in total. The molecule has 4 heteroatoms. The Kier molecular flexibility index (Phi) is 9.88. The SMILES string of the molecule is CCOC(=O)CCCCNCCc1ccccc1OCc1ccc(C(C)(C)C)cc1. The van der Waals surface area contributed by atoms with Crippen molar-refractivity contribution in [1.29, 1.82) is 0 Å². The van der Waals surface area contributed by atoms with E-state index in [1.54, 1.807) is 0 Å². The summed E-state index contributed by atoms with van der Waals surface area (Å²) in [6.45, 7) is 11.3. The van der Waals surface area contributed by atoms with Gasteiger partial charge in [0.15, 0.2) is 0 Å². The molecular weight excluding hydrogens is 374 g/mol. The lowest BCUT2D eigenvalue weighted by Gasteiger charge is -2.19. The van der Waals surface area contributed by atoms with E-state index in [0.29, 0.717) is 19.6 Å². The van der Waals surface area contributed by atoms with Crippen LogP contribution in [0.2, 0.25) is 0 Å². The average Bonchev–Trinajstić information content (AvgIpc) is 2.72. The third kappa shape index (κ3) is 8.58. The second-order valence-electron chi connectivity index (χ2n) is 8.61. The Morgan fingerprint density at radius 2 is 1.70 bits per heavy atom. The van der Waals surface area contributed by atoms with Crippen LogP contribution in [-0.2, 0) is 28.0 Å². The zero-order valence-corrected chi connectivity index (χ0v) is 19.0. The van der Waals surface area contributed by atoms with Crippen LogP contribution in [0, 0.1) is 0 Å². The van der Waals surface area contributed by atoms with Crippen molar-refractivity contribution in [3.8, 4) is 5.75 Å². The van der Waals surface area contributed by atoms with Gasteiger partial charge >= 0.3 is 5.97 Å². The van der Waals surface area contributed by atoms with Crippen molar-refractivity contribution in [3.05, 3.63) is 65.2 Å². The fraction of sp³-hybridized carbons (Fsp3) is 0.500. The van der Waals surface area contributed by atoms with E-state index in [9.17, 15) is 4.79 Å². The number of nitrogens with one attached hydrogen (secondary N) is 1. The second-order valence-corrected chi connectivity index (χ2v) is 8.61. The molecule has 2 aromatic rings. The topological polar surface area (TPSA) is 47.6 Å². The minimum Gasteiger partial charge on any atom is -0.489 e. The third-order valence-electron chi connectivity index (χ3n) is 5.05. The molecule has 0 radical (unpaired) electrons. The Labute approximate surface area is 182 Å². The molecule has 0 amide bonds. The van der Waals surface area contributed by atoms with Crippen molar-refractivity contribution in [3.63, 3.8) is 0 Å². The average molecular weight is 412 g/mol. The summed E-state index contributed by atoms with van der Waals surface area (Å²) >= 11 is 0. The summed E-state index contributed by atoms with van der Waals surface area (Å²) in [5.41, 5.74) is 3.89. The largest absolute Gasteiger partial charge is 0.489 e. The first-order valence-electron chi connectivity index (χ1n) is 11.1. The molecule has 0 atom stereocenters. The lowest BCUT2D eigenvalue weighted by atomic mass is 9.87. The maximum Gasteiger partial charge on any atom is 0.305 e. The summed E-state index contributed by atoms with van der Waals surface area (Å²) in [6, 6.07) is 16.9. The molecular formula is C26H37NO3. The van der Waals surface area contributed by atoms with Gasteiger partial charge in [0.1, 0.15) is 12.4 Å². The number of carbonyl (C=O) groups is 1. The molecule has 0 bridgehead atoms. The first kappa shape index (κ1) is 23.9. The van der Waals surface area contributed by atoms with E-state index in [4.69, 9.17) is 9.47 Å². The molecule has 30 heavy (non-hydrogen) atoms. The summed E-state index contributed by atoms with van der Waals surface area (Å²) in [5.74, 6) is 0.845. The van der Waals surface area contributed by atoms with Crippen LogP contribution in [0.1, 0.15) is 63.6 Å². The Bertz CT molecular complexity index is 763. The van der Waals surface area contributed by atoms with E-state index in [1.165, 1.54) is 16.7 Å². The smallest absolute Gasteiger partial charge is 0.305 e. The quantitative estimate of drug-likeness (QED) is 0.374. The lowest BCUT2D eigenvalue weighted by Crippen LogP contribution is -2.19. The molecule has 0 spiro atoms. The number of esters is 1. The Hall–Kier alpha value is -2.33. The van der Waals surface area contributed by atoms with Gasteiger partial charge in [0, 0.05) is 6.42 Å². The van der Waals surface area contributed by atoms with E-state index in [0.717, 1.165) is 38.1 Å². The third-order valence-corrected chi connectivity index (χ3v) is 5.05. The molecule has 0 fully saturated rings. The molecule has 2 aromatic carbocycles.